The molecular weight excluding hydrogens is 368 g/mol. The first kappa shape index (κ1) is 18.6. The Balaban J connectivity index is 1.65. The van der Waals surface area contributed by atoms with E-state index in [1.54, 1.807) is 0 Å². The Hall–Kier alpha value is -3.46. The van der Waals surface area contributed by atoms with Crippen LogP contribution in [0.5, 0.6) is 5.75 Å². The van der Waals surface area contributed by atoms with Gasteiger partial charge in [0.15, 0.2) is 0 Å². The van der Waals surface area contributed by atoms with Crippen molar-refractivity contribution in [3.05, 3.63) is 107 Å². The number of ether oxygens (including phenoxy) is 1. The van der Waals surface area contributed by atoms with Gasteiger partial charge in [0.05, 0.1) is 17.8 Å². The number of aliphatic imine (C=N–C) groups is 1. The molecule has 3 heteroatoms. The maximum atomic E-state index is 6.55. The van der Waals surface area contributed by atoms with Gasteiger partial charge in [0, 0.05) is 29.1 Å². The molecule has 0 fully saturated rings. The standard InChI is InChI=1S/C27H24N2O/c1-27(2)18-29-25(22-16-20-11-6-7-14-24(20)28-17-22)23-13-8-12-21(26(23)30-27)15-19-9-4-3-5-10-19/h3-14,16-17H,15,18H2,1-2H3. The quantitative estimate of drug-likeness (QED) is 0.439. The Bertz CT molecular complexity index is 1240. The molecule has 0 spiro atoms. The molecule has 0 saturated carbocycles. The molecule has 1 aromatic heterocycles. The Kier molecular flexibility index (Phi) is 4.59. The molecule has 0 amide bonds. The zero-order valence-corrected chi connectivity index (χ0v) is 17.3. The minimum atomic E-state index is -0.381. The lowest BCUT2D eigenvalue weighted by molar-refractivity contribution is 0.120. The smallest absolute Gasteiger partial charge is 0.133 e. The molecule has 0 unspecified atom stereocenters. The fourth-order valence-electron chi connectivity index (χ4n) is 3.96. The molecule has 0 bridgehead atoms. The molecule has 5 rings (SSSR count). The van der Waals surface area contributed by atoms with Crippen LogP contribution in [-0.2, 0) is 6.42 Å². The Labute approximate surface area is 177 Å². The molecule has 1 aliphatic heterocycles. The number of fused-ring (bicyclic) bond motifs is 2. The van der Waals surface area contributed by atoms with E-state index >= 15 is 0 Å². The van der Waals surface area contributed by atoms with Gasteiger partial charge in [-0.2, -0.15) is 0 Å². The van der Waals surface area contributed by atoms with Crippen molar-refractivity contribution in [1.29, 1.82) is 0 Å². The topological polar surface area (TPSA) is 34.5 Å². The maximum Gasteiger partial charge on any atom is 0.133 e. The number of pyridine rings is 1. The molecule has 3 nitrogen and oxygen atoms in total. The van der Waals surface area contributed by atoms with E-state index in [1.807, 2.05) is 30.5 Å². The fraction of sp³-hybridized carbons (Fsp3) is 0.185. The lowest BCUT2D eigenvalue weighted by Gasteiger charge is -2.25. The summed E-state index contributed by atoms with van der Waals surface area (Å²) < 4.78 is 6.55. The van der Waals surface area contributed by atoms with Gasteiger partial charge in [-0.15, -0.1) is 0 Å². The van der Waals surface area contributed by atoms with Gasteiger partial charge < -0.3 is 4.74 Å². The van der Waals surface area contributed by atoms with Crippen LogP contribution in [0.3, 0.4) is 0 Å². The molecule has 3 aromatic carbocycles. The van der Waals surface area contributed by atoms with Crippen LogP contribution in [0.4, 0.5) is 0 Å². The number of rotatable bonds is 3. The molecule has 148 valence electrons. The average molecular weight is 393 g/mol. The molecule has 2 heterocycles. The number of aromatic nitrogens is 1. The highest BCUT2D eigenvalue weighted by molar-refractivity contribution is 6.15. The van der Waals surface area contributed by atoms with Crippen LogP contribution in [0.1, 0.15) is 36.1 Å². The number of hydrogen-bond acceptors (Lipinski definition) is 3. The van der Waals surface area contributed by atoms with Gasteiger partial charge >= 0.3 is 0 Å². The lowest BCUT2D eigenvalue weighted by Crippen LogP contribution is -2.31. The van der Waals surface area contributed by atoms with Gasteiger partial charge in [0.25, 0.3) is 0 Å². The second-order valence-electron chi connectivity index (χ2n) is 8.40. The first-order valence-corrected chi connectivity index (χ1v) is 10.3. The van der Waals surface area contributed by atoms with Gasteiger partial charge in [-0.1, -0.05) is 60.7 Å². The molecule has 0 radical (unpaired) electrons. The summed E-state index contributed by atoms with van der Waals surface area (Å²) in [6.07, 6.45) is 2.75. The summed E-state index contributed by atoms with van der Waals surface area (Å²) in [5.41, 5.74) is 6.05. The first-order chi connectivity index (χ1) is 14.6. The Morgan fingerprint density at radius 3 is 2.57 bits per heavy atom. The van der Waals surface area contributed by atoms with Crippen molar-refractivity contribution in [3.63, 3.8) is 0 Å². The van der Waals surface area contributed by atoms with Crippen LogP contribution in [0.2, 0.25) is 0 Å². The monoisotopic (exact) mass is 392 g/mol. The van der Waals surface area contributed by atoms with Crippen molar-refractivity contribution >= 4 is 16.6 Å². The van der Waals surface area contributed by atoms with Crippen molar-refractivity contribution < 1.29 is 4.74 Å². The number of benzene rings is 3. The summed E-state index contributed by atoms with van der Waals surface area (Å²) in [5.74, 6) is 0.927. The highest BCUT2D eigenvalue weighted by Crippen LogP contribution is 2.34. The van der Waals surface area contributed by atoms with Crippen LogP contribution in [0.15, 0.2) is 90.1 Å². The van der Waals surface area contributed by atoms with Crippen LogP contribution in [0.25, 0.3) is 10.9 Å². The zero-order valence-electron chi connectivity index (χ0n) is 17.3. The SMILES string of the molecule is CC1(C)CN=C(c2cnc3ccccc3c2)c2cccc(Cc3ccccc3)c2O1. The van der Waals surface area contributed by atoms with Gasteiger partial charge in [-0.25, -0.2) is 0 Å². The molecule has 0 aliphatic carbocycles. The largest absolute Gasteiger partial charge is 0.485 e. The van der Waals surface area contributed by atoms with Crippen molar-refractivity contribution in [2.45, 2.75) is 25.9 Å². The molecule has 1 aliphatic rings. The lowest BCUT2D eigenvalue weighted by atomic mass is 9.96. The molecule has 4 aromatic rings. The fourth-order valence-corrected chi connectivity index (χ4v) is 3.96. The van der Waals surface area contributed by atoms with Gasteiger partial charge in [0.2, 0.25) is 0 Å². The van der Waals surface area contributed by atoms with Crippen LogP contribution in [-0.4, -0.2) is 22.8 Å². The zero-order chi connectivity index (χ0) is 20.6. The third kappa shape index (κ3) is 3.59. The molecular formula is C27H24N2O. The van der Waals surface area contributed by atoms with Gasteiger partial charge in [-0.3, -0.25) is 9.98 Å². The van der Waals surface area contributed by atoms with Crippen LogP contribution < -0.4 is 4.74 Å². The third-order valence-electron chi connectivity index (χ3n) is 5.45. The number of nitrogens with zero attached hydrogens (tertiary/aromatic N) is 2. The van der Waals surface area contributed by atoms with Crippen molar-refractivity contribution in [2.24, 2.45) is 4.99 Å². The van der Waals surface area contributed by atoms with E-state index in [2.05, 4.69) is 73.4 Å². The average Bonchev–Trinajstić information content (AvgIpc) is 2.90. The third-order valence-corrected chi connectivity index (χ3v) is 5.45. The van der Waals surface area contributed by atoms with E-state index < -0.39 is 0 Å². The van der Waals surface area contributed by atoms with E-state index in [9.17, 15) is 0 Å². The first-order valence-electron chi connectivity index (χ1n) is 10.3. The van der Waals surface area contributed by atoms with E-state index in [0.29, 0.717) is 6.54 Å². The van der Waals surface area contributed by atoms with E-state index in [0.717, 1.165) is 39.9 Å². The second kappa shape index (κ2) is 7.42. The predicted molar refractivity (Wildman–Crippen MR) is 123 cm³/mol. The Morgan fingerprint density at radius 1 is 0.900 bits per heavy atom. The summed E-state index contributed by atoms with van der Waals surface area (Å²) in [7, 11) is 0. The van der Waals surface area contributed by atoms with Crippen molar-refractivity contribution in [1.82, 2.24) is 4.98 Å². The minimum Gasteiger partial charge on any atom is -0.485 e. The van der Waals surface area contributed by atoms with Crippen molar-refractivity contribution in [2.75, 3.05) is 6.54 Å². The summed E-state index contributed by atoms with van der Waals surface area (Å²) in [6.45, 7) is 4.79. The minimum absolute atomic E-state index is 0.381. The Morgan fingerprint density at radius 2 is 1.70 bits per heavy atom. The highest BCUT2D eigenvalue weighted by Gasteiger charge is 2.28. The summed E-state index contributed by atoms with van der Waals surface area (Å²) >= 11 is 0. The summed E-state index contributed by atoms with van der Waals surface area (Å²) in [5, 5.41) is 1.11. The normalized spacial score (nSPS) is 15.1. The van der Waals surface area contributed by atoms with E-state index in [-0.39, 0.29) is 5.60 Å². The van der Waals surface area contributed by atoms with E-state index in [4.69, 9.17) is 9.73 Å². The predicted octanol–water partition coefficient (Wildman–Crippen LogP) is 5.83. The summed E-state index contributed by atoms with van der Waals surface area (Å²) in [4.78, 5) is 9.66. The molecule has 0 N–H and O–H groups in total. The van der Waals surface area contributed by atoms with E-state index in [1.165, 1.54) is 11.1 Å². The van der Waals surface area contributed by atoms with Crippen molar-refractivity contribution in [3.8, 4) is 5.75 Å². The van der Waals surface area contributed by atoms with Gasteiger partial charge in [-0.05, 0) is 43.2 Å². The number of hydrogen-bond donors (Lipinski definition) is 0. The maximum absolute atomic E-state index is 6.55. The van der Waals surface area contributed by atoms with Crippen LogP contribution >= 0.6 is 0 Å². The molecule has 0 saturated heterocycles. The van der Waals surface area contributed by atoms with Gasteiger partial charge in [0.1, 0.15) is 11.4 Å². The molecule has 0 atom stereocenters. The highest BCUT2D eigenvalue weighted by atomic mass is 16.5. The second-order valence-corrected chi connectivity index (χ2v) is 8.40. The number of para-hydroxylation sites is 2. The van der Waals surface area contributed by atoms with Crippen LogP contribution in [0, 0.1) is 0 Å². The summed E-state index contributed by atoms with van der Waals surface area (Å²) in [6, 6.07) is 27.2. The molecule has 30 heavy (non-hydrogen) atoms.